The van der Waals surface area contributed by atoms with Crippen molar-refractivity contribution in [1.29, 1.82) is 0 Å². The van der Waals surface area contributed by atoms with E-state index in [0.717, 1.165) is 18.4 Å². The van der Waals surface area contributed by atoms with E-state index >= 15 is 0 Å². The maximum atomic E-state index is 12.3. The van der Waals surface area contributed by atoms with Crippen LogP contribution in [0.3, 0.4) is 0 Å². The number of carbonyl (C=O) groups excluding carboxylic acids is 1. The van der Waals surface area contributed by atoms with E-state index in [1.54, 1.807) is 17.0 Å². The first kappa shape index (κ1) is 13.9. The van der Waals surface area contributed by atoms with E-state index < -0.39 is 6.04 Å². The predicted molar refractivity (Wildman–Crippen MR) is 74.7 cm³/mol. The van der Waals surface area contributed by atoms with E-state index in [1.165, 1.54) is 5.56 Å². The molecule has 1 aromatic carbocycles. The number of aromatic hydroxyl groups is 1. The van der Waals surface area contributed by atoms with Crippen LogP contribution >= 0.6 is 0 Å². The van der Waals surface area contributed by atoms with Crippen molar-refractivity contribution in [2.45, 2.75) is 39.3 Å². The van der Waals surface area contributed by atoms with Crippen LogP contribution in [0.15, 0.2) is 18.2 Å². The molecular formula is C15H22N2O2. The number of hydrogen-bond acceptors (Lipinski definition) is 3. The van der Waals surface area contributed by atoms with Gasteiger partial charge in [0.25, 0.3) is 0 Å². The van der Waals surface area contributed by atoms with Gasteiger partial charge in [0.2, 0.25) is 5.91 Å². The minimum atomic E-state index is -0.427. The molecule has 0 aliphatic carbocycles. The number of hydrogen-bond donors (Lipinski definition) is 2. The van der Waals surface area contributed by atoms with Crippen molar-refractivity contribution in [3.8, 4) is 5.75 Å². The number of nitrogens with zero attached hydrogens (tertiary/aromatic N) is 1. The number of nitrogens with two attached hydrogens (primary N) is 1. The van der Waals surface area contributed by atoms with Gasteiger partial charge in [-0.25, -0.2) is 0 Å². The molecule has 0 spiro atoms. The van der Waals surface area contributed by atoms with Crippen LogP contribution < -0.4 is 5.73 Å². The van der Waals surface area contributed by atoms with Crippen molar-refractivity contribution in [3.05, 3.63) is 29.3 Å². The Kier molecular flexibility index (Phi) is 4.10. The third-order valence-corrected chi connectivity index (χ3v) is 4.06. The van der Waals surface area contributed by atoms with Crippen LogP contribution in [0.4, 0.5) is 0 Å². The van der Waals surface area contributed by atoms with Crippen molar-refractivity contribution in [2.75, 3.05) is 6.54 Å². The molecule has 2 atom stereocenters. The molecule has 0 saturated heterocycles. The molecule has 0 bridgehead atoms. The Morgan fingerprint density at radius 1 is 1.47 bits per heavy atom. The lowest BCUT2D eigenvalue weighted by Crippen LogP contribution is -2.48. The lowest BCUT2D eigenvalue weighted by Gasteiger charge is -2.32. The standard InChI is InChI=1S/C15H22N2O2/c1-3-10(2)14(16)15(19)17-7-6-11-4-5-13(18)8-12(11)9-17/h4-5,8,10,14,18H,3,6-7,9,16H2,1-2H3/t10?,14-/m0/s1. The third kappa shape index (κ3) is 2.89. The van der Waals surface area contributed by atoms with Gasteiger partial charge >= 0.3 is 0 Å². The van der Waals surface area contributed by atoms with E-state index in [4.69, 9.17) is 5.73 Å². The number of carbonyl (C=O) groups is 1. The molecule has 2 rings (SSSR count). The van der Waals surface area contributed by atoms with E-state index in [1.807, 2.05) is 19.9 Å². The van der Waals surface area contributed by atoms with E-state index in [2.05, 4.69) is 0 Å². The molecule has 3 N–H and O–H groups in total. The molecule has 1 amide bonds. The zero-order chi connectivity index (χ0) is 14.0. The van der Waals surface area contributed by atoms with E-state index in [0.29, 0.717) is 13.1 Å². The normalized spacial score (nSPS) is 17.7. The Labute approximate surface area is 114 Å². The molecular weight excluding hydrogens is 240 g/mol. The molecule has 1 unspecified atom stereocenters. The van der Waals surface area contributed by atoms with Crippen LogP contribution in [0.25, 0.3) is 0 Å². The Balaban J connectivity index is 2.11. The zero-order valence-corrected chi connectivity index (χ0v) is 11.6. The van der Waals surface area contributed by atoms with Crippen molar-refractivity contribution < 1.29 is 9.90 Å². The Morgan fingerprint density at radius 2 is 2.21 bits per heavy atom. The molecule has 1 aliphatic rings. The highest BCUT2D eigenvalue weighted by atomic mass is 16.3. The number of phenolic OH excluding ortho intramolecular Hbond substituents is 1. The van der Waals surface area contributed by atoms with Gasteiger partial charge in [-0.05, 0) is 35.6 Å². The molecule has 1 aromatic rings. The van der Waals surface area contributed by atoms with Gasteiger partial charge in [0, 0.05) is 13.1 Å². The van der Waals surface area contributed by atoms with Crippen molar-refractivity contribution in [1.82, 2.24) is 4.90 Å². The predicted octanol–water partition coefficient (Wildman–Crippen LogP) is 1.65. The fraction of sp³-hybridized carbons (Fsp3) is 0.533. The summed E-state index contributed by atoms with van der Waals surface area (Å²) < 4.78 is 0. The van der Waals surface area contributed by atoms with Crippen LogP contribution in [0, 0.1) is 5.92 Å². The summed E-state index contributed by atoms with van der Waals surface area (Å²) in [5.74, 6) is 0.459. The first-order chi connectivity index (χ1) is 9.02. The number of phenols is 1. The van der Waals surface area contributed by atoms with Crippen molar-refractivity contribution in [2.24, 2.45) is 11.7 Å². The topological polar surface area (TPSA) is 66.6 Å². The lowest BCUT2D eigenvalue weighted by atomic mass is 9.95. The third-order valence-electron chi connectivity index (χ3n) is 4.06. The molecule has 0 fully saturated rings. The molecule has 1 aliphatic heterocycles. The summed E-state index contributed by atoms with van der Waals surface area (Å²) in [6.45, 7) is 5.31. The average Bonchev–Trinajstić information content (AvgIpc) is 2.43. The van der Waals surface area contributed by atoms with E-state index in [-0.39, 0.29) is 17.6 Å². The van der Waals surface area contributed by atoms with Gasteiger partial charge in [-0.1, -0.05) is 26.3 Å². The second-order valence-electron chi connectivity index (χ2n) is 5.37. The molecule has 4 heteroatoms. The van der Waals surface area contributed by atoms with Crippen LogP contribution in [-0.2, 0) is 17.8 Å². The summed E-state index contributed by atoms with van der Waals surface area (Å²) in [5, 5.41) is 9.52. The SMILES string of the molecule is CCC(C)[C@H](N)C(=O)N1CCc2ccc(O)cc2C1. The Hall–Kier alpha value is -1.55. The van der Waals surface area contributed by atoms with Crippen molar-refractivity contribution >= 4 is 5.91 Å². The maximum absolute atomic E-state index is 12.3. The average molecular weight is 262 g/mol. The number of amides is 1. The number of benzene rings is 1. The Morgan fingerprint density at radius 3 is 2.89 bits per heavy atom. The monoisotopic (exact) mass is 262 g/mol. The minimum Gasteiger partial charge on any atom is -0.508 e. The van der Waals surface area contributed by atoms with Crippen LogP contribution in [0.5, 0.6) is 5.75 Å². The van der Waals surface area contributed by atoms with Gasteiger partial charge in [0.15, 0.2) is 0 Å². The number of fused-ring (bicyclic) bond motifs is 1. The molecule has 1 heterocycles. The summed E-state index contributed by atoms with van der Waals surface area (Å²) >= 11 is 0. The molecule has 19 heavy (non-hydrogen) atoms. The summed E-state index contributed by atoms with van der Waals surface area (Å²) in [5.41, 5.74) is 8.24. The first-order valence-corrected chi connectivity index (χ1v) is 6.88. The first-order valence-electron chi connectivity index (χ1n) is 6.88. The van der Waals surface area contributed by atoms with Gasteiger partial charge in [-0.2, -0.15) is 0 Å². The van der Waals surface area contributed by atoms with Gasteiger partial charge in [-0.3, -0.25) is 4.79 Å². The second kappa shape index (κ2) is 5.61. The highest BCUT2D eigenvalue weighted by Crippen LogP contribution is 2.24. The largest absolute Gasteiger partial charge is 0.508 e. The van der Waals surface area contributed by atoms with E-state index in [9.17, 15) is 9.90 Å². The number of rotatable bonds is 3. The molecule has 0 radical (unpaired) electrons. The minimum absolute atomic E-state index is 0.0170. The fourth-order valence-corrected chi connectivity index (χ4v) is 2.44. The van der Waals surface area contributed by atoms with Gasteiger partial charge in [0.05, 0.1) is 6.04 Å². The molecule has 4 nitrogen and oxygen atoms in total. The summed E-state index contributed by atoms with van der Waals surface area (Å²) in [7, 11) is 0. The highest BCUT2D eigenvalue weighted by Gasteiger charge is 2.27. The highest BCUT2D eigenvalue weighted by molar-refractivity contribution is 5.82. The Bertz CT molecular complexity index is 473. The quantitative estimate of drug-likeness (QED) is 0.870. The molecule has 0 aromatic heterocycles. The van der Waals surface area contributed by atoms with Crippen molar-refractivity contribution in [3.63, 3.8) is 0 Å². The summed E-state index contributed by atoms with van der Waals surface area (Å²) in [6.07, 6.45) is 1.73. The second-order valence-corrected chi connectivity index (χ2v) is 5.37. The maximum Gasteiger partial charge on any atom is 0.240 e. The van der Waals surface area contributed by atoms with Gasteiger partial charge in [-0.15, -0.1) is 0 Å². The lowest BCUT2D eigenvalue weighted by molar-refractivity contribution is -0.134. The van der Waals surface area contributed by atoms with Gasteiger partial charge in [0.1, 0.15) is 5.75 Å². The molecule has 0 saturated carbocycles. The van der Waals surface area contributed by atoms with Crippen LogP contribution in [0.2, 0.25) is 0 Å². The van der Waals surface area contributed by atoms with Crippen LogP contribution in [-0.4, -0.2) is 28.5 Å². The van der Waals surface area contributed by atoms with Crippen LogP contribution in [0.1, 0.15) is 31.4 Å². The summed E-state index contributed by atoms with van der Waals surface area (Å²) in [4.78, 5) is 14.1. The molecule has 104 valence electrons. The fourth-order valence-electron chi connectivity index (χ4n) is 2.44. The zero-order valence-electron chi connectivity index (χ0n) is 11.6. The summed E-state index contributed by atoms with van der Waals surface area (Å²) in [6, 6.07) is 4.94. The smallest absolute Gasteiger partial charge is 0.240 e. The van der Waals surface area contributed by atoms with Gasteiger partial charge < -0.3 is 15.7 Å².